The predicted molar refractivity (Wildman–Crippen MR) is 162 cm³/mol. The Morgan fingerprint density at radius 1 is 1.14 bits per heavy atom. The molecular weight excluding hydrogens is 576 g/mol. The lowest BCUT2D eigenvalue weighted by atomic mass is 9.68. The Kier molecular flexibility index (Phi) is 7.83. The number of sulfonamides is 1. The molecule has 2 aliphatic heterocycles. The summed E-state index contributed by atoms with van der Waals surface area (Å²) in [6.07, 6.45) is 8.83. The normalized spacial score (nSPS) is 31.0. The molecule has 1 fully saturated rings. The highest BCUT2D eigenvalue weighted by atomic mass is 35.5. The monoisotopic (exact) mass is 614 g/mol. The standard InChI is InChI=1S/C32H39ClN2O6S/c1-31(2)30(36)34-42(37,38)24-10-13-29-27(17-24)35(18-22-8-11-25(22)28(39-3)7-5-15-41-31)19-32(20-40-29)14-4-6-21-16-23(33)9-12-26(21)32/h5,7,9-10,12-13,16-17,22,25,28H,4,6,8,11,14-15,18-20H2,1-3H3,(H,34,36)/b7-5-/t22-,25+,28+,32-/m0/s1. The molecule has 10 heteroatoms. The van der Waals surface area contributed by atoms with Crippen molar-refractivity contribution in [1.82, 2.24) is 4.72 Å². The molecule has 1 amide bonds. The van der Waals surface area contributed by atoms with Crippen LogP contribution in [0.25, 0.3) is 0 Å². The van der Waals surface area contributed by atoms with Gasteiger partial charge in [-0.05, 0) is 99.2 Å². The molecule has 8 nitrogen and oxygen atoms in total. The summed E-state index contributed by atoms with van der Waals surface area (Å²) in [5.41, 5.74) is 1.59. The highest BCUT2D eigenvalue weighted by molar-refractivity contribution is 7.90. The van der Waals surface area contributed by atoms with E-state index in [0.717, 1.165) is 49.4 Å². The first-order chi connectivity index (χ1) is 20.0. The molecule has 2 aromatic carbocycles. The molecule has 0 saturated heterocycles. The number of ether oxygens (including phenoxy) is 3. The zero-order valence-corrected chi connectivity index (χ0v) is 26.0. The Balaban J connectivity index is 1.45. The van der Waals surface area contributed by atoms with Gasteiger partial charge in [0.15, 0.2) is 0 Å². The van der Waals surface area contributed by atoms with E-state index in [2.05, 4.69) is 21.8 Å². The molecule has 0 unspecified atom stereocenters. The summed E-state index contributed by atoms with van der Waals surface area (Å²) in [5.74, 6) is 0.566. The van der Waals surface area contributed by atoms with Crippen LogP contribution in [0.3, 0.4) is 0 Å². The fourth-order valence-corrected chi connectivity index (χ4v) is 8.33. The Hall–Kier alpha value is -2.59. The number of nitrogens with zero attached hydrogens (tertiary/aromatic N) is 1. The number of anilines is 1. The number of carbonyl (C=O) groups excluding carboxylic acids is 1. The average Bonchev–Trinajstić information content (AvgIpc) is 3.08. The summed E-state index contributed by atoms with van der Waals surface area (Å²) >= 11 is 6.39. The van der Waals surface area contributed by atoms with Crippen LogP contribution >= 0.6 is 11.6 Å². The van der Waals surface area contributed by atoms with Crippen LogP contribution in [-0.2, 0) is 36.1 Å². The van der Waals surface area contributed by atoms with Gasteiger partial charge in [-0.2, -0.15) is 0 Å². The maximum Gasteiger partial charge on any atom is 0.265 e. The molecule has 6 rings (SSSR count). The number of hydrogen-bond acceptors (Lipinski definition) is 7. The first-order valence-electron chi connectivity index (χ1n) is 14.7. The molecule has 226 valence electrons. The van der Waals surface area contributed by atoms with Crippen molar-refractivity contribution in [2.24, 2.45) is 11.8 Å². The number of carbonyl (C=O) groups is 1. The minimum Gasteiger partial charge on any atom is -0.490 e. The average molecular weight is 615 g/mol. The quantitative estimate of drug-likeness (QED) is 0.451. The van der Waals surface area contributed by atoms with Gasteiger partial charge in [-0.15, -0.1) is 0 Å². The molecule has 0 aromatic heterocycles. The van der Waals surface area contributed by atoms with E-state index in [9.17, 15) is 13.2 Å². The number of halogens is 1. The summed E-state index contributed by atoms with van der Waals surface area (Å²) in [7, 11) is -2.44. The number of aryl methyl sites for hydroxylation is 1. The Morgan fingerprint density at radius 3 is 2.74 bits per heavy atom. The maximum atomic E-state index is 13.5. The number of benzene rings is 2. The number of nitrogens with one attached hydrogen (secondary N) is 1. The molecule has 1 spiro atoms. The van der Waals surface area contributed by atoms with Gasteiger partial charge in [-0.25, -0.2) is 13.1 Å². The van der Waals surface area contributed by atoms with Crippen molar-refractivity contribution in [3.63, 3.8) is 0 Å². The summed E-state index contributed by atoms with van der Waals surface area (Å²) in [6, 6.07) is 11.0. The number of rotatable bonds is 1. The SMILES string of the molecule is CO[C@@H]1/C=C\COC(C)(C)C(=O)NS(=O)(=O)c2ccc3c(c2)N(C[C@@H]2CC[C@H]21)C[C@@]1(CCCc2cc(Cl)ccc21)CO3. The largest absolute Gasteiger partial charge is 0.490 e. The van der Waals surface area contributed by atoms with E-state index >= 15 is 0 Å². The Labute approximate surface area is 253 Å². The van der Waals surface area contributed by atoms with Crippen molar-refractivity contribution >= 4 is 33.2 Å². The second kappa shape index (κ2) is 11.2. The van der Waals surface area contributed by atoms with E-state index in [1.807, 2.05) is 18.2 Å². The molecule has 2 bridgehead atoms. The smallest absolute Gasteiger partial charge is 0.265 e. The van der Waals surface area contributed by atoms with E-state index in [1.165, 1.54) is 17.2 Å². The van der Waals surface area contributed by atoms with Gasteiger partial charge in [0, 0.05) is 30.6 Å². The first-order valence-corrected chi connectivity index (χ1v) is 16.6. The number of hydrogen-bond donors (Lipinski definition) is 1. The molecule has 2 aliphatic carbocycles. The van der Waals surface area contributed by atoms with E-state index in [4.69, 9.17) is 25.8 Å². The summed E-state index contributed by atoms with van der Waals surface area (Å²) in [4.78, 5) is 15.4. The van der Waals surface area contributed by atoms with E-state index in [1.54, 1.807) is 33.1 Å². The van der Waals surface area contributed by atoms with Crippen molar-refractivity contribution in [3.8, 4) is 5.75 Å². The fourth-order valence-electron chi connectivity index (χ4n) is 7.01. The van der Waals surface area contributed by atoms with E-state index < -0.39 is 21.5 Å². The minimum atomic E-state index is -4.17. The van der Waals surface area contributed by atoms with Crippen molar-refractivity contribution < 1.29 is 27.4 Å². The van der Waals surface area contributed by atoms with E-state index in [-0.39, 0.29) is 23.0 Å². The van der Waals surface area contributed by atoms with Crippen LogP contribution in [-0.4, -0.2) is 59.4 Å². The van der Waals surface area contributed by atoms with Gasteiger partial charge < -0.3 is 19.1 Å². The number of fused-ring (bicyclic) bond motifs is 4. The van der Waals surface area contributed by atoms with Crippen LogP contribution in [0.5, 0.6) is 5.75 Å². The number of methoxy groups -OCH3 is 1. The van der Waals surface area contributed by atoms with Crippen LogP contribution in [0.2, 0.25) is 5.02 Å². The zero-order valence-electron chi connectivity index (χ0n) is 24.4. The second-order valence-electron chi connectivity index (χ2n) is 12.6. The van der Waals surface area contributed by atoms with Gasteiger partial charge in [0.25, 0.3) is 15.9 Å². The van der Waals surface area contributed by atoms with Gasteiger partial charge in [-0.3, -0.25) is 4.79 Å². The first kappa shape index (κ1) is 29.5. The third kappa shape index (κ3) is 5.45. The van der Waals surface area contributed by atoms with Crippen LogP contribution in [0.15, 0.2) is 53.4 Å². The fraction of sp³-hybridized carbons (Fsp3) is 0.531. The van der Waals surface area contributed by atoms with Crippen LogP contribution in [0, 0.1) is 11.8 Å². The van der Waals surface area contributed by atoms with Crippen molar-refractivity contribution in [2.45, 2.75) is 68.0 Å². The molecule has 4 atom stereocenters. The molecule has 1 N–H and O–H groups in total. The zero-order chi connectivity index (χ0) is 29.7. The van der Waals surface area contributed by atoms with E-state index in [0.29, 0.717) is 30.7 Å². The van der Waals surface area contributed by atoms with Gasteiger partial charge >= 0.3 is 0 Å². The highest BCUT2D eigenvalue weighted by Gasteiger charge is 2.44. The van der Waals surface area contributed by atoms with Crippen molar-refractivity contribution in [3.05, 3.63) is 64.7 Å². The molecule has 0 radical (unpaired) electrons. The van der Waals surface area contributed by atoms with Crippen LogP contribution in [0.4, 0.5) is 5.69 Å². The molecular formula is C32H39ClN2O6S. The molecule has 42 heavy (non-hydrogen) atoms. The summed E-state index contributed by atoms with van der Waals surface area (Å²) < 4.78 is 47.4. The van der Waals surface area contributed by atoms with Gasteiger partial charge in [-0.1, -0.05) is 29.8 Å². The van der Waals surface area contributed by atoms with Crippen LogP contribution in [0.1, 0.15) is 50.7 Å². The molecule has 2 heterocycles. The lowest BCUT2D eigenvalue weighted by Crippen LogP contribution is -2.49. The van der Waals surface area contributed by atoms with Crippen molar-refractivity contribution in [2.75, 3.05) is 38.3 Å². The van der Waals surface area contributed by atoms with Gasteiger partial charge in [0.2, 0.25) is 0 Å². The summed E-state index contributed by atoms with van der Waals surface area (Å²) in [6.45, 7) is 5.18. The minimum absolute atomic E-state index is 0.0118. The third-order valence-corrected chi connectivity index (χ3v) is 11.1. The second-order valence-corrected chi connectivity index (χ2v) is 14.7. The highest BCUT2D eigenvalue weighted by Crippen LogP contribution is 2.47. The van der Waals surface area contributed by atoms with Gasteiger partial charge in [0.1, 0.15) is 11.4 Å². The summed E-state index contributed by atoms with van der Waals surface area (Å²) in [5, 5.41) is 0.732. The molecule has 2 aromatic rings. The van der Waals surface area contributed by atoms with Crippen molar-refractivity contribution in [1.29, 1.82) is 0 Å². The molecule has 1 saturated carbocycles. The maximum absolute atomic E-state index is 13.5. The van der Waals surface area contributed by atoms with Crippen LogP contribution < -0.4 is 14.4 Å². The van der Waals surface area contributed by atoms with Gasteiger partial charge in [0.05, 0.1) is 29.9 Å². The number of amides is 1. The lowest BCUT2D eigenvalue weighted by molar-refractivity contribution is -0.139. The lowest BCUT2D eigenvalue weighted by Gasteiger charge is -2.46. The molecule has 4 aliphatic rings. The Morgan fingerprint density at radius 2 is 1.98 bits per heavy atom. The predicted octanol–water partition coefficient (Wildman–Crippen LogP) is 5.02. The third-order valence-electron chi connectivity index (χ3n) is 9.58. The topological polar surface area (TPSA) is 94.2 Å². The Bertz CT molecular complexity index is 1510.